The number of amides is 2. The van der Waals surface area contributed by atoms with Gasteiger partial charge in [-0.25, -0.2) is 4.68 Å². The number of para-hydroxylation sites is 1. The molecular formula is C26H28N6O2S. The van der Waals surface area contributed by atoms with Gasteiger partial charge in [0.05, 0.1) is 5.54 Å². The summed E-state index contributed by atoms with van der Waals surface area (Å²) in [6, 6.07) is 19.3. The molecule has 2 aromatic carbocycles. The predicted molar refractivity (Wildman–Crippen MR) is 139 cm³/mol. The molecule has 0 aliphatic carbocycles. The Balaban J connectivity index is 1.40. The molecule has 1 aliphatic heterocycles. The zero-order valence-corrected chi connectivity index (χ0v) is 20.9. The largest absolute Gasteiger partial charge is 0.368 e. The maximum atomic E-state index is 13.6. The number of carbonyl (C=O) groups excluding carboxylic acids is 2. The van der Waals surface area contributed by atoms with Crippen molar-refractivity contribution in [2.45, 2.75) is 26.3 Å². The fourth-order valence-electron chi connectivity index (χ4n) is 4.18. The van der Waals surface area contributed by atoms with Gasteiger partial charge in [-0.1, -0.05) is 47.7 Å². The third kappa shape index (κ3) is 4.64. The molecule has 0 spiro atoms. The number of anilines is 2. The summed E-state index contributed by atoms with van der Waals surface area (Å²) in [6.07, 6.45) is 0. The molecule has 0 bridgehead atoms. The third-order valence-electron chi connectivity index (χ3n) is 6.01. The molecule has 5 rings (SSSR count). The van der Waals surface area contributed by atoms with Crippen molar-refractivity contribution in [2.75, 3.05) is 36.4 Å². The Morgan fingerprint density at radius 1 is 0.914 bits per heavy atom. The first kappa shape index (κ1) is 23.0. The number of nitrogens with one attached hydrogen (secondary N) is 1. The van der Waals surface area contributed by atoms with Gasteiger partial charge in [0.2, 0.25) is 0 Å². The third-order valence-corrected chi connectivity index (χ3v) is 6.97. The molecule has 0 unspecified atom stereocenters. The summed E-state index contributed by atoms with van der Waals surface area (Å²) in [7, 11) is 0. The Hall–Kier alpha value is -3.72. The number of piperazine rings is 1. The van der Waals surface area contributed by atoms with E-state index in [1.807, 2.05) is 62.1 Å². The van der Waals surface area contributed by atoms with Crippen molar-refractivity contribution in [2.24, 2.45) is 0 Å². The van der Waals surface area contributed by atoms with E-state index in [1.165, 1.54) is 17.0 Å². The number of fused-ring (bicyclic) bond motifs is 1. The summed E-state index contributed by atoms with van der Waals surface area (Å²) in [4.78, 5) is 35.0. The molecule has 1 fully saturated rings. The highest BCUT2D eigenvalue weighted by molar-refractivity contribution is 7.22. The van der Waals surface area contributed by atoms with Gasteiger partial charge < -0.3 is 9.80 Å². The number of thiazole rings is 1. The minimum Gasteiger partial charge on any atom is -0.368 e. The Kier molecular flexibility index (Phi) is 6.02. The van der Waals surface area contributed by atoms with Crippen molar-refractivity contribution in [1.82, 2.24) is 19.7 Å². The fourth-order valence-corrected chi connectivity index (χ4v) is 5.10. The average Bonchev–Trinajstić information content (AvgIpc) is 3.43. The van der Waals surface area contributed by atoms with Crippen molar-refractivity contribution in [3.05, 3.63) is 71.9 Å². The lowest BCUT2D eigenvalue weighted by molar-refractivity contribution is 0.0741. The van der Waals surface area contributed by atoms with E-state index in [4.69, 9.17) is 5.10 Å². The van der Waals surface area contributed by atoms with E-state index < -0.39 is 0 Å². The van der Waals surface area contributed by atoms with Gasteiger partial charge in [0.15, 0.2) is 16.5 Å². The molecule has 180 valence electrons. The van der Waals surface area contributed by atoms with E-state index in [2.05, 4.69) is 27.3 Å². The van der Waals surface area contributed by atoms with E-state index in [1.54, 1.807) is 16.8 Å². The van der Waals surface area contributed by atoms with Crippen LogP contribution in [0, 0.1) is 0 Å². The minimum absolute atomic E-state index is 0.102. The SMILES string of the molecule is CC(C)(C)n1nc(C(=O)N2CCN(c3ccccc3)CC2)c2sc(NC(=O)c3ccccc3)nc21. The molecule has 4 aromatic rings. The van der Waals surface area contributed by atoms with E-state index in [0.29, 0.717) is 39.8 Å². The van der Waals surface area contributed by atoms with Crippen LogP contribution in [0.4, 0.5) is 10.8 Å². The van der Waals surface area contributed by atoms with Crippen LogP contribution in [0.5, 0.6) is 0 Å². The number of benzene rings is 2. The highest BCUT2D eigenvalue weighted by Gasteiger charge is 2.31. The molecule has 1 saturated heterocycles. The lowest BCUT2D eigenvalue weighted by Crippen LogP contribution is -2.49. The number of aromatic nitrogens is 3. The maximum absolute atomic E-state index is 13.6. The second-order valence-electron chi connectivity index (χ2n) is 9.54. The van der Waals surface area contributed by atoms with Crippen molar-refractivity contribution in [3.8, 4) is 0 Å². The molecule has 2 amide bonds. The van der Waals surface area contributed by atoms with Crippen LogP contribution in [0.2, 0.25) is 0 Å². The molecule has 0 saturated carbocycles. The molecule has 1 aliphatic rings. The van der Waals surface area contributed by atoms with E-state index in [9.17, 15) is 9.59 Å². The van der Waals surface area contributed by atoms with Crippen LogP contribution in [0.1, 0.15) is 41.6 Å². The van der Waals surface area contributed by atoms with Gasteiger partial charge in [-0.2, -0.15) is 10.1 Å². The van der Waals surface area contributed by atoms with Crippen molar-refractivity contribution in [1.29, 1.82) is 0 Å². The summed E-state index contributed by atoms with van der Waals surface area (Å²) >= 11 is 1.29. The Bertz CT molecular complexity index is 1350. The molecule has 0 radical (unpaired) electrons. The van der Waals surface area contributed by atoms with E-state index >= 15 is 0 Å². The molecular weight excluding hydrogens is 460 g/mol. The summed E-state index contributed by atoms with van der Waals surface area (Å²) in [6.45, 7) is 8.83. The van der Waals surface area contributed by atoms with Crippen LogP contribution in [-0.2, 0) is 5.54 Å². The van der Waals surface area contributed by atoms with Crippen LogP contribution in [0.3, 0.4) is 0 Å². The number of carbonyl (C=O) groups is 2. The summed E-state index contributed by atoms with van der Waals surface area (Å²) < 4.78 is 2.48. The van der Waals surface area contributed by atoms with Gasteiger partial charge in [0.1, 0.15) is 4.70 Å². The second-order valence-corrected chi connectivity index (χ2v) is 10.5. The average molecular weight is 489 g/mol. The van der Waals surface area contributed by atoms with Crippen LogP contribution in [-0.4, -0.2) is 57.7 Å². The first-order valence-corrected chi connectivity index (χ1v) is 12.5. The molecule has 35 heavy (non-hydrogen) atoms. The van der Waals surface area contributed by atoms with Crippen LogP contribution in [0.15, 0.2) is 60.7 Å². The quantitative estimate of drug-likeness (QED) is 0.459. The topological polar surface area (TPSA) is 83.4 Å². The molecule has 8 nitrogen and oxygen atoms in total. The minimum atomic E-state index is -0.377. The van der Waals surface area contributed by atoms with Gasteiger partial charge in [-0.05, 0) is 45.0 Å². The van der Waals surface area contributed by atoms with Gasteiger partial charge in [-0.15, -0.1) is 0 Å². The van der Waals surface area contributed by atoms with Crippen molar-refractivity contribution in [3.63, 3.8) is 0 Å². The second kappa shape index (κ2) is 9.14. The van der Waals surface area contributed by atoms with Gasteiger partial charge in [-0.3, -0.25) is 14.9 Å². The van der Waals surface area contributed by atoms with Gasteiger partial charge >= 0.3 is 0 Å². The molecule has 9 heteroatoms. The highest BCUT2D eigenvalue weighted by atomic mass is 32.1. The zero-order chi connectivity index (χ0) is 24.6. The summed E-state index contributed by atoms with van der Waals surface area (Å²) in [5, 5.41) is 8.03. The molecule has 0 atom stereocenters. The summed E-state index contributed by atoms with van der Waals surface area (Å²) in [5.41, 5.74) is 2.34. The summed E-state index contributed by atoms with van der Waals surface area (Å²) in [5.74, 6) is -0.336. The standard InChI is InChI=1S/C26H28N6O2S/c1-26(2,3)32-22-21(35-25(27-22)28-23(33)18-10-6-4-7-11-18)20(29-32)24(34)31-16-14-30(15-17-31)19-12-8-5-9-13-19/h4-13H,14-17H2,1-3H3,(H,27,28,33). The molecule has 2 aromatic heterocycles. The first-order chi connectivity index (χ1) is 16.8. The number of hydrogen-bond acceptors (Lipinski definition) is 6. The fraction of sp³-hybridized carbons (Fsp3) is 0.308. The lowest BCUT2D eigenvalue weighted by atomic mass is 10.1. The Morgan fingerprint density at radius 3 is 2.17 bits per heavy atom. The van der Waals surface area contributed by atoms with E-state index in [-0.39, 0.29) is 17.4 Å². The first-order valence-electron chi connectivity index (χ1n) is 11.7. The number of hydrogen-bond donors (Lipinski definition) is 1. The Morgan fingerprint density at radius 2 is 1.54 bits per heavy atom. The monoisotopic (exact) mass is 488 g/mol. The zero-order valence-electron chi connectivity index (χ0n) is 20.1. The number of nitrogens with zero attached hydrogens (tertiary/aromatic N) is 5. The lowest BCUT2D eigenvalue weighted by Gasteiger charge is -2.35. The predicted octanol–water partition coefficient (Wildman–Crippen LogP) is 4.46. The highest BCUT2D eigenvalue weighted by Crippen LogP contribution is 2.33. The van der Waals surface area contributed by atoms with Crippen molar-refractivity contribution >= 4 is 44.3 Å². The van der Waals surface area contributed by atoms with E-state index in [0.717, 1.165) is 13.1 Å². The maximum Gasteiger partial charge on any atom is 0.276 e. The van der Waals surface area contributed by atoms with Gasteiger partial charge in [0, 0.05) is 37.4 Å². The van der Waals surface area contributed by atoms with Gasteiger partial charge in [0.25, 0.3) is 11.8 Å². The smallest absolute Gasteiger partial charge is 0.276 e. The normalized spacial score (nSPS) is 14.4. The van der Waals surface area contributed by atoms with Crippen LogP contribution >= 0.6 is 11.3 Å². The number of rotatable bonds is 4. The van der Waals surface area contributed by atoms with Crippen LogP contribution in [0.25, 0.3) is 10.3 Å². The molecule has 1 N–H and O–H groups in total. The van der Waals surface area contributed by atoms with Crippen LogP contribution < -0.4 is 10.2 Å². The Labute approximate surface area is 208 Å². The molecule has 3 heterocycles. The van der Waals surface area contributed by atoms with Crippen molar-refractivity contribution < 1.29 is 9.59 Å².